The first-order valence-corrected chi connectivity index (χ1v) is 11.4. The maximum Gasteiger partial charge on any atom is 0.273 e. The number of furan rings is 1. The lowest BCUT2D eigenvalue weighted by atomic mass is 10.1. The molecule has 0 bridgehead atoms. The molecule has 0 unspecified atom stereocenters. The summed E-state index contributed by atoms with van der Waals surface area (Å²) in [5.41, 5.74) is 10.9. The Balaban J connectivity index is 2.13. The van der Waals surface area contributed by atoms with Crippen LogP contribution in [0.25, 0.3) is 0 Å². The van der Waals surface area contributed by atoms with E-state index in [-0.39, 0.29) is 32.7 Å². The Morgan fingerprint density at radius 1 is 1.29 bits per heavy atom. The number of primary amides is 1. The van der Waals surface area contributed by atoms with E-state index in [0.717, 1.165) is 11.0 Å². The fourth-order valence-corrected chi connectivity index (χ4v) is 4.08. The number of anilines is 2. The van der Waals surface area contributed by atoms with E-state index in [1.165, 1.54) is 24.5 Å². The Labute approximate surface area is 204 Å². The molecule has 3 aromatic rings. The summed E-state index contributed by atoms with van der Waals surface area (Å²) in [5.74, 6) is -2.44. The van der Waals surface area contributed by atoms with E-state index in [2.05, 4.69) is 9.69 Å². The molecule has 0 aliphatic carbocycles. The number of hydrogen-bond donors (Lipinski definition) is 3. The highest BCUT2D eigenvalue weighted by molar-refractivity contribution is 7.09. The van der Waals surface area contributed by atoms with Crippen molar-refractivity contribution in [3.05, 3.63) is 63.8 Å². The van der Waals surface area contributed by atoms with Crippen molar-refractivity contribution in [2.45, 2.75) is 26.3 Å². The van der Waals surface area contributed by atoms with Gasteiger partial charge in [-0.2, -0.15) is 4.37 Å². The molecule has 5 N–H and O–H groups in total. The molecule has 0 fully saturated rings. The number of carbonyl (C=O) groups excluding carboxylic acids is 3. The van der Waals surface area contributed by atoms with Crippen molar-refractivity contribution in [3.8, 4) is 0 Å². The van der Waals surface area contributed by atoms with E-state index in [4.69, 9.17) is 27.5 Å². The van der Waals surface area contributed by atoms with Crippen molar-refractivity contribution in [3.63, 3.8) is 0 Å². The van der Waals surface area contributed by atoms with Crippen LogP contribution in [0.1, 0.15) is 52.2 Å². The summed E-state index contributed by atoms with van der Waals surface area (Å²) >= 11 is 6.64. The van der Waals surface area contributed by atoms with E-state index in [1.807, 2.05) is 13.8 Å². The quantitative estimate of drug-likeness (QED) is 0.402. The minimum absolute atomic E-state index is 0.102. The van der Waals surface area contributed by atoms with Crippen molar-refractivity contribution >= 4 is 52.2 Å². The lowest BCUT2D eigenvalue weighted by molar-refractivity contribution is -0.122. The fraction of sp³-hybridized carbons (Fsp3) is 0.273. The van der Waals surface area contributed by atoms with Gasteiger partial charge in [0, 0.05) is 12.2 Å². The summed E-state index contributed by atoms with van der Waals surface area (Å²) in [6.45, 7) is 4.37. The van der Waals surface area contributed by atoms with Gasteiger partial charge in [-0.3, -0.25) is 19.3 Å². The SMILES string of the molecule is CC(C)CCNC(=O)[C@@H](c1ccco1)N(C(=O)c1snc(C(N)=O)c1N)c1ccc(F)c(Cl)c1. The maximum absolute atomic E-state index is 13.9. The van der Waals surface area contributed by atoms with Gasteiger partial charge in [0.25, 0.3) is 17.7 Å². The van der Waals surface area contributed by atoms with Crippen LogP contribution < -0.4 is 21.7 Å². The molecule has 0 saturated carbocycles. The molecule has 1 aromatic carbocycles. The van der Waals surface area contributed by atoms with Gasteiger partial charge < -0.3 is 21.2 Å². The summed E-state index contributed by atoms with van der Waals surface area (Å²) < 4.78 is 23.3. The van der Waals surface area contributed by atoms with Crippen LogP contribution in [0.4, 0.5) is 15.8 Å². The van der Waals surface area contributed by atoms with Gasteiger partial charge in [0.1, 0.15) is 16.5 Å². The molecule has 3 amide bonds. The molecule has 12 heteroatoms. The van der Waals surface area contributed by atoms with Crippen molar-refractivity contribution in [2.75, 3.05) is 17.2 Å². The number of halogens is 2. The number of aromatic nitrogens is 1. The van der Waals surface area contributed by atoms with Crippen molar-refractivity contribution in [1.29, 1.82) is 0 Å². The first kappa shape index (κ1) is 25.2. The van der Waals surface area contributed by atoms with Crippen molar-refractivity contribution in [1.82, 2.24) is 9.69 Å². The molecular formula is C22H23ClFN5O4S. The second-order valence-electron chi connectivity index (χ2n) is 7.80. The Morgan fingerprint density at radius 3 is 2.59 bits per heavy atom. The van der Waals surface area contributed by atoms with Crippen LogP contribution in [0.2, 0.25) is 5.02 Å². The Morgan fingerprint density at radius 2 is 2.03 bits per heavy atom. The summed E-state index contributed by atoms with van der Waals surface area (Å²) in [6.07, 6.45) is 2.06. The number of nitrogens with two attached hydrogens (primary N) is 2. The first-order valence-electron chi connectivity index (χ1n) is 10.3. The standard InChI is InChI=1S/C22H23ClFN5O4S/c1-11(2)7-8-27-21(31)18(15-4-3-9-33-15)29(12-5-6-14(24)13(23)10-12)22(32)19-16(25)17(20(26)30)28-34-19/h3-6,9-11,18H,7-8,25H2,1-2H3,(H2,26,30)(H,27,31)/t18-/m1/s1. The Kier molecular flexibility index (Phi) is 7.90. The minimum atomic E-state index is -1.30. The third-order valence-corrected chi connectivity index (χ3v) is 6.04. The van der Waals surface area contributed by atoms with Crippen LogP contribution >= 0.6 is 23.1 Å². The lowest BCUT2D eigenvalue weighted by Gasteiger charge is -2.30. The zero-order chi connectivity index (χ0) is 25.0. The number of carbonyl (C=O) groups is 3. The average Bonchev–Trinajstić information content (AvgIpc) is 3.43. The Bertz CT molecular complexity index is 1200. The molecule has 0 aliphatic rings. The lowest BCUT2D eigenvalue weighted by Crippen LogP contribution is -2.44. The predicted molar refractivity (Wildman–Crippen MR) is 127 cm³/mol. The van der Waals surface area contributed by atoms with E-state index in [1.54, 1.807) is 6.07 Å². The van der Waals surface area contributed by atoms with Crippen LogP contribution in [0.15, 0.2) is 41.0 Å². The molecule has 0 aliphatic heterocycles. The Hall–Kier alpha value is -3.44. The summed E-state index contributed by atoms with van der Waals surface area (Å²) in [6, 6.07) is 5.37. The fourth-order valence-electron chi connectivity index (χ4n) is 3.16. The number of nitrogen functional groups attached to an aromatic ring is 1. The van der Waals surface area contributed by atoms with Crippen LogP contribution in [0.5, 0.6) is 0 Å². The van der Waals surface area contributed by atoms with Gasteiger partial charge in [0.15, 0.2) is 11.7 Å². The van der Waals surface area contributed by atoms with Gasteiger partial charge in [-0.1, -0.05) is 25.4 Å². The van der Waals surface area contributed by atoms with Crippen molar-refractivity contribution in [2.24, 2.45) is 11.7 Å². The zero-order valence-corrected chi connectivity index (χ0v) is 20.0. The normalized spacial score (nSPS) is 11.9. The number of rotatable bonds is 9. The van der Waals surface area contributed by atoms with Crippen LogP contribution in [0.3, 0.4) is 0 Å². The summed E-state index contributed by atoms with van der Waals surface area (Å²) in [4.78, 5) is 39.6. The molecule has 0 saturated heterocycles. The number of amides is 3. The second-order valence-corrected chi connectivity index (χ2v) is 8.98. The van der Waals surface area contributed by atoms with Crippen molar-refractivity contribution < 1.29 is 23.2 Å². The summed E-state index contributed by atoms with van der Waals surface area (Å²) in [7, 11) is 0. The van der Waals surface area contributed by atoms with Crippen LogP contribution in [-0.4, -0.2) is 28.6 Å². The zero-order valence-electron chi connectivity index (χ0n) is 18.4. The van der Waals surface area contributed by atoms with E-state index < -0.39 is 29.6 Å². The molecule has 34 heavy (non-hydrogen) atoms. The number of hydrogen-bond acceptors (Lipinski definition) is 7. The van der Waals surface area contributed by atoms with Gasteiger partial charge in [-0.15, -0.1) is 0 Å². The first-order chi connectivity index (χ1) is 16.1. The topological polar surface area (TPSA) is 145 Å². The molecule has 0 radical (unpaired) electrons. The molecule has 180 valence electrons. The third-order valence-electron chi connectivity index (χ3n) is 4.90. The van der Waals surface area contributed by atoms with E-state index in [9.17, 15) is 18.8 Å². The van der Waals surface area contributed by atoms with Crippen LogP contribution in [-0.2, 0) is 4.79 Å². The van der Waals surface area contributed by atoms with E-state index >= 15 is 0 Å². The summed E-state index contributed by atoms with van der Waals surface area (Å²) in [5, 5.41) is 2.55. The van der Waals surface area contributed by atoms with Gasteiger partial charge in [-0.05, 0) is 54.2 Å². The molecule has 9 nitrogen and oxygen atoms in total. The molecule has 2 aromatic heterocycles. The molecule has 3 rings (SSSR count). The minimum Gasteiger partial charge on any atom is -0.467 e. The monoisotopic (exact) mass is 507 g/mol. The van der Waals surface area contributed by atoms with Gasteiger partial charge in [0.05, 0.1) is 17.0 Å². The van der Waals surface area contributed by atoms with Gasteiger partial charge >= 0.3 is 0 Å². The number of nitrogens with zero attached hydrogens (tertiary/aromatic N) is 2. The smallest absolute Gasteiger partial charge is 0.273 e. The molecule has 1 atom stereocenters. The molecule has 2 heterocycles. The maximum atomic E-state index is 13.9. The third kappa shape index (κ3) is 5.37. The highest BCUT2D eigenvalue weighted by Crippen LogP contribution is 2.35. The van der Waals surface area contributed by atoms with E-state index in [0.29, 0.717) is 30.4 Å². The predicted octanol–water partition coefficient (Wildman–Crippen LogP) is 3.76. The number of nitrogens with one attached hydrogen (secondary N) is 1. The average molecular weight is 508 g/mol. The van der Waals surface area contributed by atoms with Crippen LogP contribution in [0, 0.1) is 11.7 Å². The number of benzene rings is 1. The molecular weight excluding hydrogens is 485 g/mol. The highest BCUT2D eigenvalue weighted by Gasteiger charge is 2.37. The largest absolute Gasteiger partial charge is 0.467 e. The highest BCUT2D eigenvalue weighted by atomic mass is 35.5. The second kappa shape index (κ2) is 10.7. The van der Waals surface area contributed by atoms with Gasteiger partial charge in [0.2, 0.25) is 0 Å². The van der Waals surface area contributed by atoms with Gasteiger partial charge in [-0.25, -0.2) is 4.39 Å². The molecule has 0 spiro atoms.